The van der Waals surface area contributed by atoms with Crippen molar-refractivity contribution < 1.29 is 4.79 Å². The van der Waals surface area contributed by atoms with Crippen molar-refractivity contribution in [1.29, 1.82) is 0 Å². The van der Waals surface area contributed by atoms with Crippen LogP contribution in [0, 0.1) is 5.41 Å². The van der Waals surface area contributed by atoms with E-state index in [4.69, 9.17) is 11.5 Å². The Morgan fingerprint density at radius 3 is 2.33 bits per heavy atom. The van der Waals surface area contributed by atoms with Gasteiger partial charge < -0.3 is 16.8 Å². The number of hydrogen-bond acceptors (Lipinski definition) is 3. The molecule has 0 aliphatic heterocycles. The predicted molar refractivity (Wildman–Crippen MR) is 49.5 cm³/mol. The summed E-state index contributed by atoms with van der Waals surface area (Å²) in [5.41, 5.74) is 10.7. The van der Waals surface area contributed by atoms with E-state index in [-0.39, 0.29) is 11.3 Å². The lowest BCUT2D eigenvalue weighted by Crippen LogP contribution is -2.49. The molecule has 0 fully saturated rings. The van der Waals surface area contributed by atoms with Crippen LogP contribution in [0.1, 0.15) is 20.8 Å². The van der Waals surface area contributed by atoms with Crippen LogP contribution in [0.4, 0.5) is 0 Å². The van der Waals surface area contributed by atoms with Crippen molar-refractivity contribution in [3.63, 3.8) is 0 Å². The molecule has 0 radical (unpaired) electrons. The fourth-order valence-corrected chi connectivity index (χ4v) is 0.699. The van der Waals surface area contributed by atoms with Gasteiger partial charge in [-0.1, -0.05) is 20.8 Å². The number of nitrogens with one attached hydrogen (secondary N) is 1. The third kappa shape index (κ3) is 3.69. The highest BCUT2D eigenvalue weighted by Crippen LogP contribution is 2.16. The maximum atomic E-state index is 11.3. The van der Waals surface area contributed by atoms with Gasteiger partial charge in [-0.05, 0) is 5.41 Å². The highest BCUT2D eigenvalue weighted by molar-refractivity contribution is 5.82. The van der Waals surface area contributed by atoms with Gasteiger partial charge in [-0.25, -0.2) is 0 Å². The zero-order valence-electron chi connectivity index (χ0n) is 8.05. The van der Waals surface area contributed by atoms with Crippen LogP contribution in [0.25, 0.3) is 0 Å². The summed E-state index contributed by atoms with van der Waals surface area (Å²) < 4.78 is 0. The molecule has 4 heteroatoms. The summed E-state index contributed by atoms with van der Waals surface area (Å²) in [5.74, 6) is -0.132. The molecule has 4 nitrogen and oxygen atoms in total. The monoisotopic (exact) mass is 173 g/mol. The van der Waals surface area contributed by atoms with E-state index in [9.17, 15) is 4.79 Å². The molecule has 12 heavy (non-hydrogen) atoms. The minimum atomic E-state index is -0.468. The number of nitrogens with two attached hydrogens (primary N) is 2. The van der Waals surface area contributed by atoms with Crippen LogP contribution in [0.15, 0.2) is 0 Å². The molecule has 5 N–H and O–H groups in total. The maximum Gasteiger partial charge on any atom is 0.237 e. The zero-order chi connectivity index (χ0) is 9.78. The van der Waals surface area contributed by atoms with Crippen LogP contribution in [0.3, 0.4) is 0 Å². The van der Waals surface area contributed by atoms with Gasteiger partial charge in [0.1, 0.15) is 0 Å². The van der Waals surface area contributed by atoms with Gasteiger partial charge in [-0.15, -0.1) is 0 Å². The van der Waals surface area contributed by atoms with E-state index in [1.54, 1.807) is 0 Å². The molecule has 0 aromatic rings. The van der Waals surface area contributed by atoms with Crippen LogP contribution >= 0.6 is 0 Å². The third-order valence-corrected chi connectivity index (χ3v) is 1.66. The first-order valence-electron chi connectivity index (χ1n) is 4.13. The highest BCUT2D eigenvalue weighted by Gasteiger charge is 2.26. The van der Waals surface area contributed by atoms with Gasteiger partial charge in [0, 0.05) is 13.1 Å². The van der Waals surface area contributed by atoms with E-state index in [1.807, 2.05) is 20.8 Å². The molecular weight excluding hydrogens is 154 g/mol. The topological polar surface area (TPSA) is 81.1 Å². The lowest BCUT2D eigenvalue weighted by molar-refractivity contribution is -0.124. The molecule has 0 aromatic heterocycles. The number of carbonyl (C=O) groups excluding carboxylic acids is 1. The van der Waals surface area contributed by atoms with Gasteiger partial charge in [0.05, 0.1) is 6.04 Å². The summed E-state index contributed by atoms with van der Waals surface area (Å²) in [7, 11) is 0. The fraction of sp³-hybridized carbons (Fsp3) is 0.875. The summed E-state index contributed by atoms with van der Waals surface area (Å²) >= 11 is 0. The van der Waals surface area contributed by atoms with Crippen molar-refractivity contribution in [1.82, 2.24) is 5.32 Å². The first-order chi connectivity index (χ1) is 5.39. The van der Waals surface area contributed by atoms with Gasteiger partial charge in [-0.3, -0.25) is 4.79 Å². The molecule has 0 saturated heterocycles. The molecule has 1 atom stereocenters. The lowest BCUT2D eigenvalue weighted by atomic mass is 9.87. The molecule has 0 rings (SSSR count). The zero-order valence-corrected chi connectivity index (χ0v) is 8.05. The van der Waals surface area contributed by atoms with E-state index in [2.05, 4.69) is 5.32 Å². The van der Waals surface area contributed by atoms with Crippen molar-refractivity contribution in [2.75, 3.05) is 13.1 Å². The molecule has 0 aromatic carbocycles. The highest BCUT2D eigenvalue weighted by atomic mass is 16.2. The van der Waals surface area contributed by atoms with Crippen molar-refractivity contribution in [2.24, 2.45) is 16.9 Å². The molecule has 0 aliphatic rings. The molecule has 72 valence electrons. The summed E-state index contributed by atoms with van der Waals surface area (Å²) in [6, 6.07) is -0.468. The van der Waals surface area contributed by atoms with Gasteiger partial charge in [-0.2, -0.15) is 0 Å². The standard InChI is InChI=1S/C8H19N3O/c1-8(2,3)6(10)7(12)11-5-4-9/h6H,4-5,9-10H2,1-3H3,(H,11,12)/t6-/m1/s1. The Balaban J connectivity index is 3.94. The minimum absolute atomic E-state index is 0.132. The third-order valence-electron chi connectivity index (χ3n) is 1.66. The molecule has 0 heterocycles. The second-order valence-electron chi connectivity index (χ2n) is 3.92. The van der Waals surface area contributed by atoms with Gasteiger partial charge >= 0.3 is 0 Å². The second kappa shape index (κ2) is 4.42. The summed E-state index contributed by atoms with van der Waals surface area (Å²) in [4.78, 5) is 11.3. The number of carbonyl (C=O) groups is 1. The predicted octanol–water partition coefficient (Wildman–Crippen LogP) is -0.565. The van der Waals surface area contributed by atoms with Crippen LogP contribution in [0.2, 0.25) is 0 Å². The maximum absolute atomic E-state index is 11.3. The van der Waals surface area contributed by atoms with E-state index in [1.165, 1.54) is 0 Å². The molecule has 0 spiro atoms. The fourth-order valence-electron chi connectivity index (χ4n) is 0.699. The number of rotatable bonds is 3. The largest absolute Gasteiger partial charge is 0.353 e. The molecule has 0 unspecified atom stereocenters. The van der Waals surface area contributed by atoms with Gasteiger partial charge in [0.25, 0.3) is 0 Å². The van der Waals surface area contributed by atoms with Gasteiger partial charge in [0.2, 0.25) is 5.91 Å². The molecule has 1 amide bonds. The van der Waals surface area contributed by atoms with E-state index >= 15 is 0 Å². The number of amides is 1. The van der Waals surface area contributed by atoms with Crippen molar-refractivity contribution in [2.45, 2.75) is 26.8 Å². The van der Waals surface area contributed by atoms with Crippen LogP contribution in [0.5, 0.6) is 0 Å². The van der Waals surface area contributed by atoms with Crippen molar-refractivity contribution in [3.05, 3.63) is 0 Å². The van der Waals surface area contributed by atoms with E-state index in [0.29, 0.717) is 13.1 Å². The first kappa shape index (κ1) is 11.4. The molecule has 0 aliphatic carbocycles. The Bertz CT molecular complexity index is 151. The quantitative estimate of drug-likeness (QED) is 0.535. The van der Waals surface area contributed by atoms with Gasteiger partial charge in [0.15, 0.2) is 0 Å². The number of hydrogen-bond donors (Lipinski definition) is 3. The molecular formula is C8H19N3O. The van der Waals surface area contributed by atoms with Crippen LogP contribution in [-0.4, -0.2) is 25.0 Å². The SMILES string of the molecule is CC(C)(C)[C@H](N)C(=O)NCCN. The van der Waals surface area contributed by atoms with E-state index in [0.717, 1.165) is 0 Å². The Morgan fingerprint density at radius 1 is 1.50 bits per heavy atom. The summed E-state index contributed by atoms with van der Waals surface area (Å²) in [6.45, 7) is 6.73. The normalized spacial score (nSPS) is 14.1. The average Bonchev–Trinajstić information content (AvgIpc) is 1.97. The molecule has 0 saturated carbocycles. The van der Waals surface area contributed by atoms with Crippen LogP contribution in [-0.2, 0) is 4.79 Å². The van der Waals surface area contributed by atoms with Crippen molar-refractivity contribution >= 4 is 5.91 Å². The lowest BCUT2D eigenvalue weighted by Gasteiger charge is -2.25. The Labute approximate surface area is 73.7 Å². The summed E-state index contributed by atoms with van der Waals surface area (Å²) in [5, 5.41) is 2.65. The van der Waals surface area contributed by atoms with E-state index < -0.39 is 6.04 Å². The smallest absolute Gasteiger partial charge is 0.237 e. The average molecular weight is 173 g/mol. The minimum Gasteiger partial charge on any atom is -0.353 e. The Morgan fingerprint density at radius 2 is 2.00 bits per heavy atom. The first-order valence-corrected chi connectivity index (χ1v) is 4.13. The van der Waals surface area contributed by atoms with Crippen LogP contribution < -0.4 is 16.8 Å². The summed E-state index contributed by atoms with van der Waals surface area (Å²) in [6.07, 6.45) is 0. The Kier molecular flexibility index (Phi) is 4.20. The molecule has 0 bridgehead atoms. The van der Waals surface area contributed by atoms with Crippen molar-refractivity contribution in [3.8, 4) is 0 Å². The Hall–Kier alpha value is -0.610. The second-order valence-corrected chi connectivity index (χ2v) is 3.92.